The van der Waals surface area contributed by atoms with Crippen molar-refractivity contribution in [3.8, 4) is 0 Å². The van der Waals surface area contributed by atoms with Crippen molar-refractivity contribution in [2.75, 3.05) is 7.11 Å². The lowest BCUT2D eigenvalue weighted by Crippen LogP contribution is -2.29. The molecule has 1 heterocycles. The van der Waals surface area contributed by atoms with Crippen LogP contribution in [-0.2, 0) is 23.1 Å². The van der Waals surface area contributed by atoms with E-state index in [-0.39, 0.29) is 5.97 Å². The van der Waals surface area contributed by atoms with E-state index in [0.717, 1.165) is 16.7 Å². The first kappa shape index (κ1) is 15.3. The average Bonchev–Trinajstić information content (AvgIpc) is 2.88. The van der Waals surface area contributed by atoms with E-state index in [0.29, 0.717) is 6.54 Å². The number of benzene rings is 1. The predicted molar refractivity (Wildman–Crippen MR) is 80.7 cm³/mol. The van der Waals surface area contributed by atoms with Crippen molar-refractivity contribution in [2.24, 2.45) is 7.05 Å². The van der Waals surface area contributed by atoms with Gasteiger partial charge >= 0.3 is 5.97 Å². The summed E-state index contributed by atoms with van der Waals surface area (Å²) in [6, 6.07) is 5.52. The summed E-state index contributed by atoms with van der Waals surface area (Å²) in [7, 11) is 3.27. The quantitative estimate of drug-likeness (QED) is 0.855. The molecule has 0 amide bonds. The first-order valence-corrected chi connectivity index (χ1v) is 6.87. The molecule has 0 fully saturated rings. The number of methoxy groups -OCH3 is 1. The third-order valence-corrected chi connectivity index (χ3v) is 3.57. The molecule has 5 nitrogen and oxygen atoms in total. The molecular weight excluding hydrogens is 266 g/mol. The molecule has 0 aliphatic carbocycles. The van der Waals surface area contributed by atoms with Crippen LogP contribution in [0.4, 0.5) is 0 Å². The first-order chi connectivity index (χ1) is 10.0. The van der Waals surface area contributed by atoms with Crippen LogP contribution in [0.15, 0.2) is 30.6 Å². The number of aromatic nitrogens is 2. The summed E-state index contributed by atoms with van der Waals surface area (Å²) < 4.78 is 6.64. The average molecular weight is 287 g/mol. The Kier molecular flexibility index (Phi) is 4.75. The van der Waals surface area contributed by atoms with E-state index in [9.17, 15) is 4.79 Å². The molecule has 2 rings (SSSR count). The van der Waals surface area contributed by atoms with Gasteiger partial charge in [0.05, 0.1) is 13.3 Å². The normalized spacial score (nSPS) is 12.2. The molecule has 1 aromatic heterocycles. The number of ether oxygens (including phenoxy) is 1. The number of hydrogen-bond acceptors (Lipinski definition) is 4. The molecule has 1 aromatic carbocycles. The minimum absolute atomic E-state index is 0.290. The zero-order valence-electron chi connectivity index (χ0n) is 12.9. The van der Waals surface area contributed by atoms with Gasteiger partial charge in [-0.25, -0.2) is 4.79 Å². The molecule has 0 saturated heterocycles. The number of hydrogen-bond donors (Lipinski definition) is 1. The van der Waals surface area contributed by atoms with E-state index in [2.05, 4.69) is 17.3 Å². The van der Waals surface area contributed by atoms with Gasteiger partial charge in [0.2, 0.25) is 0 Å². The van der Waals surface area contributed by atoms with Gasteiger partial charge in [0, 0.05) is 25.4 Å². The van der Waals surface area contributed by atoms with Crippen molar-refractivity contribution in [3.63, 3.8) is 0 Å². The summed E-state index contributed by atoms with van der Waals surface area (Å²) in [5, 5.41) is 7.35. The van der Waals surface area contributed by atoms with Crippen LogP contribution in [0.1, 0.15) is 28.3 Å². The maximum Gasteiger partial charge on any atom is 0.327 e. The smallest absolute Gasteiger partial charge is 0.327 e. The van der Waals surface area contributed by atoms with Gasteiger partial charge in [-0.3, -0.25) is 10.00 Å². The fourth-order valence-electron chi connectivity index (χ4n) is 2.18. The Morgan fingerprint density at radius 2 is 2.14 bits per heavy atom. The SMILES string of the molecule is COC(=O)[C@@H](NCc1cnn(C)c1)c1ccc(C)c(C)c1. The van der Waals surface area contributed by atoms with Gasteiger partial charge in [-0.1, -0.05) is 18.2 Å². The van der Waals surface area contributed by atoms with Crippen molar-refractivity contribution in [3.05, 3.63) is 52.8 Å². The van der Waals surface area contributed by atoms with Gasteiger partial charge in [-0.15, -0.1) is 0 Å². The van der Waals surface area contributed by atoms with Gasteiger partial charge in [0.15, 0.2) is 0 Å². The van der Waals surface area contributed by atoms with Gasteiger partial charge in [-0.05, 0) is 30.5 Å². The number of esters is 1. The maximum atomic E-state index is 12.0. The van der Waals surface area contributed by atoms with Crippen LogP contribution < -0.4 is 5.32 Å². The molecule has 1 N–H and O–H groups in total. The van der Waals surface area contributed by atoms with Gasteiger partial charge in [0.25, 0.3) is 0 Å². The van der Waals surface area contributed by atoms with E-state index in [1.54, 1.807) is 10.9 Å². The summed E-state index contributed by atoms with van der Waals surface area (Å²) in [5.41, 5.74) is 4.29. The lowest BCUT2D eigenvalue weighted by molar-refractivity contribution is -0.143. The van der Waals surface area contributed by atoms with Crippen LogP contribution in [0.25, 0.3) is 0 Å². The molecule has 0 unspecified atom stereocenters. The number of carbonyl (C=O) groups excluding carboxylic acids is 1. The highest BCUT2D eigenvalue weighted by molar-refractivity contribution is 5.77. The Hall–Kier alpha value is -2.14. The van der Waals surface area contributed by atoms with Crippen molar-refractivity contribution < 1.29 is 9.53 Å². The number of nitrogens with one attached hydrogen (secondary N) is 1. The molecule has 0 radical (unpaired) electrons. The largest absolute Gasteiger partial charge is 0.468 e. The van der Waals surface area contributed by atoms with Crippen LogP contribution in [-0.4, -0.2) is 22.9 Å². The van der Waals surface area contributed by atoms with Gasteiger partial charge in [0.1, 0.15) is 6.04 Å². The van der Waals surface area contributed by atoms with Gasteiger partial charge < -0.3 is 4.74 Å². The Morgan fingerprint density at radius 3 is 2.71 bits per heavy atom. The van der Waals surface area contributed by atoms with Crippen molar-refractivity contribution in [2.45, 2.75) is 26.4 Å². The van der Waals surface area contributed by atoms with Crippen molar-refractivity contribution in [1.29, 1.82) is 0 Å². The van der Waals surface area contributed by atoms with Crippen LogP contribution >= 0.6 is 0 Å². The number of rotatable bonds is 5. The molecule has 0 aliphatic rings. The highest BCUT2D eigenvalue weighted by atomic mass is 16.5. The zero-order valence-corrected chi connectivity index (χ0v) is 12.9. The molecule has 0 bridgehead atoms. The summed E-state index contributed by atoms with van der Waals surface area (Å²) >= 11 is 0. The number of aryl methyl sites for hydroxylation is 3. The molecule has 0 saturated carbocycles. The van der Waals surface area contributed by atoms with Crippen LogP contribution in [0, 0.1) is 13.8 Å². The minimum atomic E-state index is -0.477. The summed E-state index contributed by atoms with van der Waals surface area (Å²) in [4.78, 5) is 12.0. The monoisotopic (exact) mass is 287 g/mol. The van der Waals surface area contributed by atoms with Crippen LogP contribution in [0.5, 0.6) is 0 Å². The Morgan fingerprint density at radius 1 is 1.38 bits per heavy atom. The summed E-state index contributed by atoms with van der Waals surface area (Å²) in [5.74, 6) is -0.290. The molecule has 1 atom stereocenters. The molecular formula is C16H21N3O2. The predicted octanol–water partition coefficient (Wildman–Crippen LogP) is 2.04. The van der Waals surface area contributed by atoms with E-state index < -0.39 is 6.04 Å². The minimum Gasteiger partial charge on any atom is -0.468 e. The molecule has 2 aromatic rings. The Balaban J connectivity index is 2.17. The zero-order chi connectivity index (χ0) is 15.4. The first-order valence-electron chi connectivity index (χ1n) is 6.87. The van der Waals surface area contributed by atoms with Crippen molar-refractivity contribution >= 4 is 5.97 Å². The number of carbonyl (C=O) groups is 1. The topological polar surface area (TPSA) is 56.1 Å². The van der Waals surface area contributed by atoms with Gasteiger partial charge in [-0.2, -0.15) is 5.10 Å². The second-order valence-corrected chi connectivity index (χ2v) is 5.20. The Bertz CT molecular complexity index is 634. The second-order valence-electron chi connectivity index (χ2n) is 5.20. The highest BCUT2D eigenvalue weighted by Gasteiger charge is 2.21. The molecule has 0 spiro atoms. The van der Waals surface area contributed by atoms with E-state index >= 15 is 0 Å². The van der Waals surface area contributed by atoms with E-state index in [4.69, 9.17) is 4.74 Å². The molecule has 112 valence electrons. The molecule has 21 heavy (non-hydrogen) atoms. The maximum absolute atomic E-state index is 12.0. The second kappa shape index (κ2) is 6.54. The van der Waals surface area contributed by atoms with Crippen molar-refractivity contribution in [1.82, 2.24) is 15.1 Å². The Labute approximate surface area is 124 Å². The molecule has 5 heteroatoms. The fraction of sp³-hybridized carbons (Fsp3) is 0.375. The highest BCUT2D eigenvalue weighted by Crippen LogP contribution is 2.19. The summed E-state index contributed by atoms with van der Waals surface area (Å²) in [6.07, 6.45) is 3.70. The third-order valence-electron chi connectivity index (χ3n) is 3.57. The lowest BCUT2D eigenvalue weighted by Gasteiger charge is -2.17. The standard InChI is InChI=1S/C16H21N3O2/c1-11-5-6-14(7-12(11)2)15(16(20)21-4)17-8-13-9-18-19(3)10-13/h5-7,9-10,15,17H,8H2,1-4H3/t15-/m0/s1. The number of nitrogens with zero attached hydrogens (tertiary/aromatic N) is 2. The fourth-order valence-corrected chi connectivity index (χ4v) is 2.18. The van der Waals surface area contributed by atoms with Crippen LogP contribution in [0.2, 0.25) is 0 Å². The summed E-state index contributed by atoms with van der Waals surface area (Å²) in [6.45, 7) is 4.64. The van der Waals surface area contributed by atoms with E-state index in [1.165, 1.54) is 12.7 Å². The van der Waals surface area contributed by atoms with E-state index in [1.807, 2.05) is 38.4 Å². The lowest BCUT2D eigenvalue weighted by atomic mass is 10.0. The van der Waals surface area contributed by atoms with Crippen LogP contribution in [0.3, 0.4) is 0 Å². The third kappa shape index (κ3) is 3.70. The molecule has 0 aliphatic heterocycles.